The van der Waals surface area contributed by atoms with Gasteiger partial charge in [-0.1, -0.05) is 0 Å². The normalized spacial score (nSPS) is 9.35. The highest BCUT2D eigenvalue weighted by molar-refractivity contribution is 9.10. The summed E-state index contributed by atoms with van der Waals surface area (Å²) in [6.07, 6.45) is 1.44. The molecule has 5 nitrogen and oxygen atoms in total. The van der Waals surface area contributed by atoms with E-state index in [1.54, 1.807) is 18.2 Å². The van der Waals surface area contributed by atoms with Gasteiger partial charge in [-0.05, 0) is 46.3 Å². The Morgan fingerprint density at radius 2 is 1.90 bits per heavy atom. The zero-order chi connectivity index (χ0) is 14.5. The van der Waals surface area contributed by atoms with Crippen LogP contribution >= 0.6 is 15.9 Å². The monoisotopic (exact) mass is 326 g/mol. The molecule has 0 atom stereocenters. The van der Waals surface area contributed by atoms with E-state index in [-0.39, 0.29) is 17.0 Å². The van der Waals surface area contributed by atoms with Gasteiger partial charge in [0.1, 0.15) is 16.7 Å². The van der Waals surface area contributed by atoms with Crippen LogP contribution in [0.1, 0.15) is 21.5 Å². The van der Waals surface area contributed by atoms with Crippen molar-refractivity contribution in [3.63, 3.8) is 0 Å². The quantitative estimate of drug-likeness (QED) is 0.859. The Kier molecular flexibility index (Phi) is 4.09. The first-order chi connectivity index (χ1) is 9.63. The second-order valence-corrected chi connectivity index (χ2v) is 4.62. The summed E-state index contributed by atoms with van der Waals surface area (Å²) in [4.78, 5) is 15.9. The van der Waals surface area contributed by atoms with Gasteiger partial charge in [-0.25, -0.2) is 4.98 Å². The van der Waals surface area contributed by atoms with Crippen molar-refractivity contribution in [3.8, 4) is 12.1 Å². The van der Waals surface area contributed by atoms with Gasteiger partial charge in [0.2, 0.25) is 0 Å². The lowest BCUT2D eigenvalue weighted by Gasteiger charge is -2.06. The second kappa shape index (κ2) is 5.96. The number of aromatic nitrogens is 1. The summed E-state index contributed by atoms with van der Waals surface area (Å²) in [6.45, 7) is 0. The van der Waals surface area contributed by atoms with E-state index in [9.17, 15) is 4.79 Å². The number of anilines is 1. The van der Waals surface area contributed by atoms with Gasteiger partial charge in [0.25, 0.3) is 5.91 Å². The number of pyridine rings is 1. The molecule has 1 aromatic heterocycles. The molecule has 1 aromatic carbocycles. The predicted molar refractivity (Wildman–Crippen MR) is 75.8 cm³/mol. The fraction of sp³-hybridized carbons (Fsp3) is 0. The molecule has 0 bridgehead atoms. The lowest BCUT2D eigenvalue weighted by Crippen LogP contribution is -2.12. The number of nitriles is 2. The van der Waals surface area contributed by atoms with Crippen molar-refractivity contribution in [1.29, 1.82) is 10.5 Å². The minimum atomic E-state index is -0.335. The van der Waals surface area contributed by atoms with Crippen LogP contribution in [0.4, 0.5) is 5.69 Å². The van der Waals surface area contributed by atoms with E-state index in [0.29, 0.717) is 15.9 Å². The molecular weight excluding hydrogens is 320 g/mol. The van der Waals surface area contributed by atoms with E-state index in [1.807, 2.05) is 12.1 Å². The molecule has 0 unspecified atom stereocenters. The number of nitrogens with zero attached hydrogens (tertiary/aromatic N) is 3. The van der Waals surface area contributed by atoms with E-state index in [4.69, 9.17) is 10.5 Å². The third kappa shape index (κ3) is 3.00. The van der Waals surface area contributed by atoms with Gasteiger partial charge in [-0.15, -0.1) is 0 Å². The van der Waals surface area contributed by atoms with Gasteiger partial charge in [0.15, 0.2) is 0 Å². The van der Waals surface area contributed by atoms with Crippen molar-refractivity contribution in [3.05, 3.63) is 57.8 Å². The fourth-order valence-electron chi connectivity index (χ4n) is 1.53. The lowest BCUT2D eigenvalue weighted by molar-refractivity contribution is 0.102. The van der Waals surface area contributed by atoms with Crippen LogP contribution in [-0.4, -0.2) is 10.9 Å². The van der Waals surface area contributed by atoms with Crippen molar-refractivity contribution in [2.45, 2.75) is 0 Å². The average molecular weight is 327 g/mol. The van der Waals surface area contributed by atoms with Gasteiger partial charge in [-0.2, -0.15) is 10.5 Å². The van der Waals surface area contributed by atoms with Crippen LogP contribution in [0.15, 0.2) is 41.1 Å². The number of nitrogens with one attached hydrogen (secondary N) is 1. The van der Waals surface area contributed by atoms with E-state index in [0.717, 1.165) is 0 Å². The molecule has 1 N–H and O–H groups in total. The van der Waals surface area contributed by atoms with Crippen LogP contribution in [0, 0.1) is 22.7 Å². The molecule has 6 heteroatoms. The molecule has 2 rings (SSSR count). The summed E-state index contributed by atoms with van der Waals surface area (Å²) >= 11 is 3.19. The topological polar surface area (TPSA) is 89.6 Å². The first-order valence-corrected chi connectivity index (χ1v) is 6.30. The molecule has 0 aliphatic rings. The Balaban J connectivity index is 2.23. The summed E-state index contributed by atoms with van der Waals surface area (Å²) in [7, 11) is 0. The number of benzene rings is 1. The van der Waals surface area contributed by atoms with Crippen molar-refractivity contribution in [2.75, 3.05) is 5.32 Å². The highest BCUT2D eigenvalue weighted by Gasteiger charge is 2.08. The zero-order valence-electron chi connectivity index (χ0n) is 10.1. The van der Waals surface area contributed by atoms with Crippen LogP contribution < -0.4 is 5.32 Å². The molecule has 0 aliphatic heterocycles. The Morgan fingerprint density at radius 3 is 2.50 bits per heavy atom. The van der Waals surface area contributed by atoms with Crippen molar-refractivity contribution < 1.29 is 4.79 Å². The molecule has 0 radical (unpaired) electrons. The maximum absolute atomic E-state index is 12.0. The second-order valence-electron chi connectivity index (χ2n) is 3.81. The molecule has 0 saturated heterocycles. The Bertz CT molecular complexity index is 741. The average Bonchev–Trinajstić information content (AvgIpc) is 2.47. The molecule has 0 fully saturated rings. The first kappa shape index (κ1) is 13.7. The number of amides is 1. The molecule has 1 heterocycles. The van der Waals surface area contributed by atoms with Gasteiger partial charge < -0.3 is 5.32 Å². The highest BCUT2D eigenvalue weighted by Crippen LogP contribution is 2.16. The number of hydrogen-bond acceptors (Lipinski definition) is 4. The highest BCUT2D eigenvalue weighted by atomic mass is 79.9. The molecule has 0 saturated carbocycles. The minimum absolute atomic E-state index is 0.222. The fourth-order valence-corrected chi connectivity index (χ4v) is 1.76. The molecule has 0 aliphatic carbocycles. The Morgan fingerprint density at radius 1 is 1.15 bits per heavy atom. The van der Waals surface area contributed by atoms with Crippen LogP contribution in [0.25, 0.3) is 0 Å². The molecule has 20 heavy (non-hydrogen) atoms. The number of rotatable bonds is 2. The number of hydrogen-bond donors (Lipinski definition) is 1. The zero-order valence-corrected chi connectivity index (χ0v) is 11.7. The lowest BCUT2D eigenvalue weighted by atomic mass is 10.1. The van der Waals surface area contributed by atoms with Gasteiger partial charge >= 0.3 is 0 Å². The third-order valence-electron chi connectivity index (χ3n) is 2.51. The van der Waals surface area contributed by atoms with Crippen LogP contribution in [0.3, 0.4) is 0 Å². The van der Waals surface area contributed by atoms with Crippen LogP contribution in [0.5, 0.6) is 0 Å². The summed E-state index contributed by atoms with van der Waals surface area (Å²) < 4.78 is 0.638. The van der Waals surface area contributed by atoms with Crippen LogP contribution in [0.2, 0.25) is 0 Å². The van der Waals surface area contributed by atoms with Gasteiger partial charge in [0, 0.05) is 11.9 Å². The number of halogens is 1. The van der Waals surface area contributed by atoms with Crippen molar-refractivity contribution >= 4 is 27.5 Å². The summed E-state index contributed by atoms with van der Waals surface area (Å²) in [6, 6.07) is 11.6. The van der Waals surface area contributed by atoms with E-state index >= 15 is 0 Å². The van der Waals surface area contributed by atoms with Crippen molar-refractivity contribution in [2.24, 2.45) is 0 Å². The molecule has 96 valence electrons. The van der Waals surface area contributed by atoms with Crippen molar-refractivity contribution in [1.82, 2.24) is 4.98 Å². The maximum Gasteiger partial charge on any atom is 0.257 e. The van der Waals surface area contributed by atoms with E-state index in [1.165, 1.54) is 18.3 Å². The first-order valence-electron chi connectivity index (χ1n) is 5.51. The Hall–Kier alpha value is -2.70. The van der Waals surface area contributed by atoms with Crippen LogP contribution in [-0.2, 0) is 0 Å². The Labute approximate surface area is 123 Å². The molecule has 1 amide bonds. The minimum Gasteiger partial charge on any atom is -0.322 e. The third-order valence-corrected chi connectivity index (χ3v) is 2.98. The van der Waals surface area contributed by atoms with E-state index in [2.05, 4.69) is 26.2 Å². The smallest absolute Gasteiger partial charge is 0.257 e. The molecular formula is C14H7BrN4O. The molecule has 0 spiro atoms. The maximum atomic E-state index is 12.0. The summed E-state index contributed by atoms with van der Waals surface area (Å²) in [5.74, 6) is -0.335. The van der Waals surface area contributed by atoms with E-state index < -0.39 is 0 Å². The SMILES string of the molecule is N#Cc1ccc(NC(=O)c2ccc(Br)nc2)cc1C#N. The molecule has 2 aromatic rings. The summed E-state index contributed by atoms with van der Waals surface area (Å²) in [5, 5.41) is 20.4. The number of carbonyl (C=O) groups is 1. The number of carbonyl (C=O) groups excluding carboxylic acids is 1. The van der Waals surface area contributed by atoms with Gasteiger partial charge in [-0.3, -0.25) is 4.79 Å². The predicted octanol–water partition coefficient (Wildman–Crippen LogP) is 2.84. The summed E-state index contributed by atoms with van der Waals surface area (Å²) in [5.41, 5.74) is 1.35. The largest absolute Gasteiger partial charge is 0.322 e. The van der Waals surface area contributed by atoms with Gasteiger partial charge in [0.05, 0.1) is 16.7 Å². The standard InChI is InChI=1S/C14H7BrN4O/c15-13-4-2-10(8-18-13)14(20)19-12-3-1-9(6-16)11(5-12)7-17/h1-5,8H,(H,19,20).